The van der Waals surface area contributed by atoms with E-state index in [4.69, 9.17) is 4.42 Å². The zero-order chi connectivity index (χ0) is 33.5. The molecule has 11 aromatic rings. The third-order valence-corrected chi connectivity index (χ3v) is 10.8. The van der Waals surface area contributed by atoms with Crippen molar-refractivity contribution in [2.75, 3.05) is 0 Å². The fraction of sp³-hybridized carbons (Fsp3) is 0. The molecule has 236 valence electrons. The van der Waals surface area contributed by atoms with Crippen LogP contribution in [0.15, 0.2) is 186 Å². The summed E-state index contributed by atoms with van der Waals surface area (Å²) in [6, 6.07) is 66.3. The Morgan fingerprint density at radius 2 is 0.765 bits per heavy atom. The van der Waals surface area contributed by atoms with E-state index in [1.54, 1.807) is 0 Å². The Balaban J connectivity index is 1.07. The van der Waals surface area contributed by atoms with E-state index >= 15 is 0 Å². The Kier molecular flexibility index (Phi) is 6.02. The molecular formula is C50H30O. The van der Waals surface area contributed by atoms with E-state index in [-0.39, 0.29) is 0 Å². The molecule has 0 atom stereocenters. The molecule has 0 unspecified atom stereocenters. The van der Waals surface area contributed by atoms with Gasteiger partial charge in [-0.05, 0) is 112 Å². The first-order valence-electron chi connectivity index (χ1n) is 17.6. The van der Waals surface area contributed by atoms with E-state index in [2.05, 4.69) is 176 Å². The van der Waals surface area contributed by atoms with Gasteiger partial charge < -0.3 is 4.42 Å². The molecule has 0 fully saturated rings. The molecule has 0 saturated heterocycles. The summed E-state index contributed by atoms with van der Waals surface area (Å²) in [6.45, 7) is 0. The van der Waals surface area contributed by atoms with E-state index in [1.807, 2.05) is 6.07 Å². The molecule has 0 spiro atoms. The van der Waals surface area contributed by atoms with E-state index in [0.717, 1.165) is 21.9 Å². The van der Waals surface area contributed by atoms with Crippen LogP contribution in [0, 0.1) is 0 Å². The number of hydrogen-bond donors (Lipinski definition) is 0. The minimum atomic E-state index is 0.927. The van der Waals surface area contributed by atoms with Crippen LogP contribution in [0.2, 0.25) is 0 Å². The minimum absolute atomic E-state index is 0.927. The average molecular weight is 647 g/mol. The number of rotatable bonds is 3. The van der Waals surface area contributed by atoms with Crippen molar-refractivity contribution in [3.63, 3.8) is 0 Å². The number of benzene rings is 10. The van der Waals surface area contributed by atoms with E-state index < -0.39 is 0 Å². The molecule has 1 nitrogen and oxygen atoms in total. The van der Waals surface area contributed by atoms with Crippen LogP contribution in [0.5, 0.6) is 0 Å². The van der Waals surface area contributed by atoms with Crippen molar-refractivity contribution in [3.05, 3.63) is 182 Å². The van der Waals surface area contributed by atoms with Crippen molar-refractivity contribution in [2.45, 2.75) is 0 Å². The molecule has 10 aromatic carbocycles. The topological polar surface area (TPSA) is 13.1 Å². The van der Waals surface area contributed by atoms with Gasteiger partial charge in [-0.1, -0.05) is 152 Å². The van der Waals surface area contributed by atoms with Gasteiger partial charge >= 0.3 is 0 Å². The highest BCUT2D eigenvalue weighted by molar-refractivity contribution is 6.30. The lowest BCUT2D eigenvalue weighted by Gasteiger charge is -2.18. The third kappa shape index (κ3) is 4.22. The van der Waals surface area contributed by atoms with Crippen molar-refractivity contribution in [2.24, 2.45) is 0 Å². The van der Waals surface area contributed by atoms with Crippen molar-refractivity contribution in [3.8, 4) is 33.4 Å². The van der Waals surface area contributed by atoms with E-state index in [0.29, 0.717) is 0 Å². The maximum absolute atomic E-state index is 6.51. The van der Waals surface area contributed by atoms with Gasteiger partial charge in [0.05, 0.1) is 0 Å². The molecule has 0 aliphatic carbocycles. The molecular weight excluding hydrogens is 617 g/mol. The van der Waals surface area contributed by atoms with Gasteiger partial charge in [-0.15, -0.1) is 0 Å². The van der Waals surface area contributed by atoms with Gasteiger partial charge in [0.25, 0.3) is 0 Å². The predicted octanol–water partition coefficient (Wildman–Crippen LogP) is 14.4. The quantitative estimate of drug-likeness (QED) is 0.138. The predicted molar refractivity (Wildman–Crippen MR) is 218 cm³/mol. The normalized spacial score (nSPS) is 11.9. The molecule has 0 aliphatic rings. The molecule has 1 heteroatoms. The molecule has 0 radical (unpaired) electrons. The Morgan fingerprint density at radius 3 is 1.45 bits per heavy atom. The monoisotopic (exact) mass is 646 g/mol. The smallest absolute Gasteiger partial charge is 0.143 e. The highest BCUT2D eigenvalue weighted by Crippen LogP contribution is 2.45. The lowest BCUT2D eigenvalue weighted by molar-refractivity contribution is 0.673. The molecule has 1 aromatic heterocycles. The first-order valence-corrected chi connectivity index (χ1v) is 17.6. The highest BCUT2D eigenvalue weighted by Gasteiger charge is 2.18. The molecule has 0 N–H and O–H groups in total. The first kappa shape index (κ1) is 28.2. The molecule has 51 heavy (non-hydrogen) atoms. The van der Waals surface area contributed by atoms with Crippen molar-refractivity contribution in [1.82, 2.24) is 0 Å². The number of hydrogen-bond acceptors (Lipinski definition) is 1. The lowest BCUT2D eigenvalue weighted by atomic mass is 9.85. The maximum atomic E-state index is 6.51. The standard InChI is InChI=1S/C50H30O/c1-2-12-31(13-3-1)47-39-16-6-8-18-41(39)48(42-19-9-7-17-40(42)47)36-25-24-32-28-33(22-23-34(32)29-36)35-26-27-43-45(30-35)37-14-4-5-15-38(37)49-44-20-10-11-21-46(44)51-50(43)49/h1-30H. The van der Waals surface area contributed by atoms with Crippen LogP contribution in [0.3, 0.4) is 0 Å². The average Bonchev–Trinajstić information content (AvgIpc) is 3.60. The second-order valence-corrected chi connectivity index (χ2v) is 13.6. The van der Waals surface area contributed by atoms with Crippen LogP contribution in [0.25, 0.3) is 109 Å². The first-order chi connectivity index (χ1) is 25.3. The maximum Gasteiger partial charge on any atom is 0.143 e. The fourth-order valence-electron chi connectivity index (χ4n) is 8.52. The molecule has 1 heterocycles. The van der Waals surface area contributed by atoms with Gasteiger partial charge in [-0.2, -0.15) is 0 Å². The second kappa shape index (κ2) is 10.9. The van der Waals surface area contributed by atoms with Crippen LogP contribution >= 0.6 is 0 Å². The van der Waals surface area contributed by atoms with Crippen LogP contribution < -0.4 is 0 Å². The van der Waals surface area contributed by atoms with Gasteiger partial charge in [0, 0.05) is 16.2 Å². The van der Waals surface area contributed by atoms with Crippen LogP contribution in [-0.4, -0.2) is 0 Å². The summed E-state index contributed by atoms with van der Waals surface area (Å²) in [5, 5.41) is 14.7. The van der Waals surface area contributed by atoms with Gasteiger partial charge in [-0.25, -0.2) is 0 Å². The fourth-order valence-corrected chi connectivity index (χ4v) is 8.52. The van der Waals surface area contributed by atoms with E-state index in [9.17, 15) is 0 Å². The van der Waals surface area contributed by atoms with Crippen LogP contribution in [-0.2, 0) is 0 Å². The summed E-state index contributed by atoms with van der Waals surface area (Å²) in [5.74, 6) is 0. The zero-order valence-corrected chi connectivity index (χ0v) is 27.7. The van der Waals surface area contributed by atoms with Gasteiger partial charge in [-0.3, -0.25) is 0 Å². The van der Waals surface area contributed by atoms with Gasteiger partial charge in [0.1, 0.15) is 11.2 Å². The molecule has 0 saturated carbocycles. The number of fused-ring (bicyclic) bond motifs is 11. The second-order valence-electron chi connectivity index (χ2n) is 13.6. The highest BCUT2D eigenvalue weighted by atomic mass is 16.3. The summed E-state index contributed by atoms with van der Waals surface area (Å²) in [5.41, 5.74) is 9.33. The molecule has 0 amide bonds. The molecule has 0 bridgehead atoms. The van der Waals surface area contributed by atoms with Crippen molar-refractivity contribution < 1.29 is 4.42 Å². The Bertz CT molecular complexity index is 3130. The zero-order valence-electron chi connectivity index (χ0n) is 27.7. The summed E-state index contributed by atoms with van der Waals surface area (Å²) in [6.07, 6.45) is 0. The van der Waals surface area contributed by atoms with Gasteiger partial charge in [0.2, 0.25) is 0 Å². The summed E-state index contributed by atoms with van der Waals surface area (Å²) >= 11 is 0. The van der Waals surface area contributed by atoms with Crippen molar-refractivity contribution >= 4 is 75.8 Å². The summed E-state index contributed by atoms with van der Waals surface area (Å²) < 4.78 is 6.51. The van der Waals surface area contributed by atoms with E-state index in [1.165, 1.54) is 87.2 Å². The summed E-state index contributed by atoms with van der Waals surface area (Å²) in [7, 11) is 0. The van der Waals surface area contributed by atoms with Crippen LogP contribution in [0.1, 0.15) is 0 Å². The Hall–Kier alpha value is -6.70. The SMILES string of the molecule is c1ccc(-c2c3ccccc3c(-c3ccc4cc(-c5ccc6c(c5)c5ccccc5c5c7ccccc7oc65)ccc4c3)c3ccccc23)cc1. The van der Waals surface area contributed by atoms with Crippen molar-refractivity contribution in [1.29, 1.82) is 0 Å². The third-order valence-electron chi connectivity index (χ3n) is 10.8. The lowest BCUT2D eigenvalue weighted by Crippen LogP contribution is -1.90. The summed E-state index contributed by atoms with van der Waals surface area (Å²) in [4.78, 5) is 0. The number of furan rings is 1. The Morgan fingerprint density at radius 1 is 0.275 bits per heavy atom. The Labute approximate surface area is 294 Å². The number of para-hydroxylation sites is 1. The molecule has 11 rings (SSSR count). The minimum Gasteiger partial charge on any atom is -0.455 e. The molecule has 0 aliphatic heterocycles. The largest absolute Gasteiger partial charge is 0.455 e. The van der Waals surface area contributed by atoms with Crippen LogP contribution in [0.4, 0.5) is 0 Å². The van der Waals surface area contributed by atoms with Gasteiger partial charge in [0.15, 0.2) is 0 Å².